The van der Waals surface area contributed by atoms with Crippen LogP contribution in [0.15, 0.2) is 29.4 Å². The Hall–Kier alpha value is -1.55. The second kappa shape index (κ2) is 5.51. The van der Waals surface area contributed by atoms with E-state index in [1.807, 2.05) is 19.1 Å². The van der Waals surface area contributed by atoms with Crippen LogP contribution in [0.3, 0.4) is 0 Å². The van der Waals surface area contributed by atoms with Crippen molar-refractivity contribution in [1.82, 2.24) is 0 Å². The monoisotopic (exact) mass is 220 g/mol. The highest BCUT2D eigenvalue weighted by atomic mass is 16.6. The first-order chi connectivity index (χ1) is 7.90. The second-order valence-corrected chi connectivity index (χ2v) is 3.54. The predicted octanol–water partition coefficient (Wildman–Crippen LogP) is 1.85. The van der Waals surface area contributed by atoms with E-state index in [0.717, 1.165) is 18.7 Å². The van der Waals surface area contributed by atoms with Gasteiger partial charge in [0.05, 0.1) is 12.8 Å². The second-order valence-electron chi connectivity index (χ2n) is 3.54. The van der Waals surface area contributed by atoms with Gasteiger partial charge in [0.15, 0.2) is 0 Å². The summed E-state index contributed by atoms with van der Waals surface area (Å²) in [5.74, 6) is 0. The molecule has 4 nitrogen and oxygen atoms in total. The number of anilines is 1. The molecule has 0 bridgehead atoms. The topological polar surface area (TPSA) is 34.1 Å². The number of hydrogen-bond acceptors (Lipinski definition) is 4. The van der Waals surface area contributed by atoms with Crippen molar-refractivity contribution in [3.8, 4) is 0 Å². The zero-order chi connectivity index (χ0) is 11.2. The van der Waals surface area contributed by atoms with Crippen molar-refractivity contribution < 1.29 is 9.57 Å². The van der Waals surface area contributed by atoms with Gasteiger partial charge in [-0.2, -0.15) is 0 Å². The molecule has 4 heteroatoms. The molecule has 0 spiro atoms. The van der Waals surface area contributed by atoms with Gasteiger partial charge in [0.25, 0.3) is 0 Å². The minimum absolute atomic E-state index is 0.597. The van der Waals surface area contributed by atoms with E-state index >= 15 is 0 Å². The largest absolute Gasteiger partial charge is 0.396 e. The van der Waals surface area contributed by atoms with Crippen LogP contribution in [0.5, 0.6) is 0 Å². The first kappa shape index (κ1) is 11.0. The zero-order valence-corrected chi connectivity index (χ0v) is 9.43. The van der Waals surface area contributed by atoms with Crippen LogP contribution in [-0.2, 0) is 9.57 Å². The minimum atomic E-state index is 0.597. The molecule has 0 aliphatic carbocycles. The Labute approximate surface area is 95.5 Å². The average molecular weight is 220 g/mol. The maximum atomic E-state index is 5.30. The Morgan fingerprint density at radius 1 is 1.44 bits per heavy atom. The molecule has 0 radical (unpaired) electrons. The average Bonchev–Trinajstić information content (AvgIpc) is 2.84. The molecule has 1 aliphatic rings. The van der Waals surface area contributed by atoms with Gasteiger partial charge in [-0.15, -0.1) is 0 Å². The summed E-state index contributed by atoms with van der Waals surface area (Å²) in [6.45, 7) is 4.97. The summed E-state index contributed by atoms with van der Waals surface area (Å²) in [4.78, 5) is 7.10. The van der Waals surface area contributed by atoms with Crippen LogP contribution in [0.2, 0.25) is 0 Å². The van der Waals surface area contributed by atoms with Gasteiger partial charge in [-0.05, 0) is 24.6 Å². The first-order valence-electron chi connectivity index (χ1n) is 5.48. The molecular weight excluding hydrogens is 204 g/mol. The van der Waals surface area contributed by atoms with Gasteiger partial charge in [-0.3, -0.25) is 0 Å². The van der Waals surface area contributed by atoms with Crippen LogP contribution >= 0.6 is 0 Å². The molecule has 0 atom stereocenters. The van der Waals surface area contributed by atoms with Gasteiger partial charge in [-0.1, -0.05) is 17.3 Å². The van der Waals surface area contributed by atoms with E-state index < -0.39 is 0 Å². The molecule has 0 unspecified atom stereocenters. The summed E-state index contributed by atoms with van der Waals surface area (Å²) in [7, 11) is 0. The molecule has 16 heavy (non-hydrogen) atoms. The molecule has 0 saturated carbocycles. The Bertz CT molecular complexity index is 343. The SMILES string of the molecule is CCON=Cc1ccc(N2CCOC2)cc1. The van der Waals surface area contributed by atoms with Gasteiger partial charge in [0, 0.05) is 12.2 Å². The van der Waals surface area contributed by atoms with Crippen molar-refractivity contribution in [2.45, 2.75) is 6.92 Å². The number of ether oxygens (including phenoxy) is 1. The van der Waals surface area contributed by atoms with E-state index in [2.05, 4.69) is 22.2 Å². The van der Waals surface area contributed by atoms with Crippen molar-refractivity contribution in [1.29, 1.82) is 0 Å². The fourth-order valence-corrected chi connectivity index (χ4v) is 1.56. The van der Waals surface area contributed by atoms with Crippen molar-refractivity contribution in [3.05, 3.63) is 29.8 Å². The van der Waals surface area contributed by atoms with E-state index in [4.69, 9.17) is 9.57 Å². The summed E-state index contributed by atoms with van der Waals surface area (Å²) in [5.41, 5.74) is 2.23. The van der Waals surface area contributed by atoms with E-state index in [9.17, 15) is 0 Å². The van der Waals surface area contributed by atoms with Crippen molar-refractivity contribution in [2.24, 2.45) is 5.16 Å². The highest BCUT2D eigenvalue weighted by Gasteiger charge is 2.11. The number of oxime groups is 1. The van der Waals surface area contributed by atoms with E-state index in [-0.39, 0.29) is 0 Å². The quantitative estimate of drug-likeness (QED) is 0.573. The number of benzene rings is 1. The number of nitrogens with zero attached hydrogens (tertiary/aromatic N) is 2. The molecule has 86 valence electrons. The molecule has 1 saturated heterocycles. The Morgan fingerprint density at radius 3 is 2.88 bits per heavy atom. The van der Waals surface area contributed by atoms with Crippen LogP contribution in [0.25, 0.3) is 0 Å². The van der Waals surface area contributed by atoms with E-state index in [0.29, 0.717) is 13.3 Å². The van der Waals surface area contributed by atoms with Crippen LogP contribution in [0, 0.1) is 0 Å². The van der Waals surface area contributed by atoms with E-state index in [1.165, 1.54) is 5.69 Å². The maximum Gasteiger partial charge on any atom is 0.119 e. The molecule has 0 N–H and O–H groups in total. The lowest BCUT2D eigenvalue weighted by molar-refractivity contribution is 0.160. The fourth-order valence-electron chi connectivity index (χ4n) is 1.56. The first-order valence-corrected chi connectivity index (χ1v) is 5.48. The highest BCUT2D eigenvalue weighted by molar-refractivity contribution is 5.79. The van der Waals surface area contributed by atoms with Crippen molar-refractivity contribution in [3.63, 3.8) is 0 Å². The molecule has 2 rings (SSSR count). The van der Waals surface area contributed by atoms with Gasteiger partial charge in [0.2, 0.25) is 0 Å². The third-order valence-corrected chi connectivity index (χ3v) is 2.42. The lowest BCUT2D eigenvalue weighted by Gasteiger charge is -2.15. The Balaban J connectivity index is 1.98. The molecule has 0 aromatic heterocycles. The third kappa shape index (κ3) is 2.73. The van der Waals surface area contributed by atoms with Gasteiger partial charge >= 0.3 is 0 Å². The lowest BCUT2D eigenvalue weighted by atomic mass is 10.2. The zero-order valence-electron chi connectivity index (χ0n) is 9.43. The molecule has 1 fully saturated rings. The van der Waals surface area contributed by atoms with Gasteiger partial charge in [0.1, 0.15) is 13.3 Å². The smallest absolute Gasteiger partial charge is 0.119 e. The summed E-state index contributed by atoms with van der Waals surface area (Å²) in [6, 6.07) is 8.19. The van der Waals surface area contributed by atoms with Crippen molar-refractivity contribution >= 4 is 11.9 Å². The molecule has 1 aromatic carbocycles. The molecule has 0 amide bonds. The standard InChI is InChI=1S/C12H16N2O2/c1-2-16-13-9-11-3-5-12(6-4-11)14-7-8-15-10-14/h3-6,9H,2,7-8,10H2,1H3. The third-order valence-electron chi connectivity index (χ3n) is 2.42. The fraction of sp³-hybridized carbons (Fsp3) is 0.417. The Morgan fingerprint density at radius 2 is 2.25 bits per heavy atom. The molecule has 1 aromatic rings. The minimum Gasteiger partial charge on any atom is -0.396 e. The summed E-state index contributed by atoms with van der Waals surface area (Å²) < 4.78 is 5.30. The highest BCUT2D eigenvalue weighted by Crippen LogP contribution is 2.16. The maximum absolute atomic E-state index is 5.30. The van der Waals surface area contributed by atoms with Crippen LogP contribution in [-0.4, -0.2) is 32.7 Å². The lowest BCUT2D eigenvalue weighted by Crippen LogP contribution is -2.18. The Kier molecular flexibility index (Phi) is 3.77. The van der Waals surface area contributed by atoms with E-state index in [1.54, 1.807) is 6.21 Å². The molecule has 1 aliphatic heterocycles. The van der Waals surface area contributed by atoms with Gasteiger partial charge < -0.3 is 14.5 Å². The number of hydrogen-bond donors (Lipinski definition) is 0. The van der Waals surface area contributed by atoms with Gasteiger partial charge in [-0.25, -0.2) is 0 Å². The number of rotatable bonds is 4. The van der Waals surface area contributed by atoms with Crippen molar-refractivity contribution in [2.75, 3.05) is 31.4 Å². The summed E-state index contributed by atoms with van der Waals surface area (Å²) >= 11 is 0. The molecular formula is C12H16N2O2. The van der Waals surface area contributed by atoms with Crippen LogP contribution < -0.4 is 4.90 Å². The summed E-state index contributed by atoms with van der Waals surface area (Å²) in [5, 5.41) is 3.82. The van der Waals surface area contributed by atoms with Crippen LogP contribution in [0.1, 0.15) is 12.5 Å². The van der Waals surface area contributed by atoms with Crippen LogP contribution in [0.4, 0.5) is 5.69 Å². The normalized spacial score (nSPS) is 15.9. The predicted molar refractivity (Wildman–Crippen MR) is 63.8 cm³/mol. The summed E-state index contributed by atoms with van der Waals surface area (Å²) in [6.07, 6.45) is 1.72. The molecule has 1 heterocycles.